The Kier molecular flexibility index (Phi) is 16.7. The van der Waals surface area contributed by atoms with Gasteiger partial charge < -0.3 is 15.1 Å². The zero-order chi connectivity index (χ0) is 58.1. The predicted octanol–water partition coefficient (Wildman–Crippen LogP) is 17.4. The maximum absolute atomic E-state index is 14.4. The second-order valence-corrected chi connectivity index (χ2v) is 23.2. The molecule has 82 heavy (non-hydrogen) atoms. The SMILES string of the molecule is Cc1ccc2c(c1)C(C1C(C(F)(F)F)=C(C(F)(F)F)c3c1cccc3C(F)(F)F)=C1C=CC=CC12.Cc1ccc2c(c1)[C]([Zr][C](=C(C(=Cc1ccccc1)c1ccccc1)c1ccccc1)c1ccccc1)=C1C=CC=CC12.OB(O)O. The first-order valence-corrected chi connectivity index (χ1v) is 28.6. The van der Waals surface area contributed by atoms with Crippen LogP contribution in [-0.2, 0) is 29.4 Å². The first-order valence-electron chi connectivity index (χ1n) is 26.2. The maximum atomic E-state index is 14.4. The summed E-state index contributed by atoms with van der Waals surface area (Å²) in [6.07, 6.45) is 1.52. The van der Waals surface area contributed by atoms with E-state index < -0.39 is 88.8 Å². The summed E-state index contributed by atoms with van der Waals surface area (Å²) in [5.41, 5.74) is 7.05. The molecule has 410 valence electrons. The number of aryl methyl sites for hydroxylation is 2. The van der Waals surface area contributed by atoms with Crippen molar-refractivity contribution < 1.29 is 77.8 Å². The van der Waals surface area contributed by atoms with Crippen molar-refractivity contribution in [2.75, 3.05) is 0 Å². The minimum atomic E-state index is -5.67. The van der Waals surface area contributed by atoms with Crippen molar-refractivity contribution >= 4 is 42.3 Å². The molecule has 3 atom stereocenters. The first kappa shape index (κ1) is 57.6. The summed E-state index contributed by atoms with van der Waals surface area (Å²) in [7, 11) is -2.17. The van der Waals surface area contributed by atoms with Gasteiger partial charge in [-0.1, -0.05) is 60.2 Å². The van der Waals surface area contributed by atoms with E-state index in [0.29, 0.717) is 34.2 Å². The van der Waals surface area contributed by atoms with Crippen molar-refractivity contribution in [3.63, 3.8) is 0 Å². The summed E-state index contributed by atoms with van der Waals surface area (Å²) in [5.74, 6) is -2.23. The summed E-state index contributed by atoms with van der Waals surface area (Å²) in [6, 6.07) is 58.1. The Balaban J connectivity index is 0.000000176. The van der Waals surface area contributed by atoms with Crippen molar-refractivity contribution in [1.82, 2.24) is 0 Å². The molecule has 0 spiro atoms. The van der Waals surface area contributed by atoms with E-state index in [1.54, 1.807) is 46.6 Å². The molecule has 0 saturated carbocycles. The summed E-state index contributed by atoms with van der Waals surface area (Å²) in [5, 5.41) is 21.5. The van der Waals surface area contributed by atoms with Gasteiger partial charge in [-0.05, 0) is 40.8 Å². The molecule has 5 aliphatic rings. The average molecular weight is 1190 g/mol. The number of halogens is 9. The number of fused-ring (bicyclic) bond motifs is 7. The molecule has 0 aromatic heterocycles. The second-order valence-electron chi connectivity index (χ2n) is 20.1. The number of hydrogen-bond acceptors (Lipinski definition) is 3. The van der Waals surface area contributed by atoms with Crippen LogP contribution < -0.4 is 0 Å². The third-order valence-corrected chi connectivity index (χ3v) is 18.7. The fourth-order valence-corrected chi connectivity index (χ4v) is 15.7. The average Bonchev–Trinajstić information content (AvgIpc) is 1.91. The minimum absolute atomic E-state index is 0.0542. The Morgan fingerprint density at radius 1 is 0.500 bits per heavy atom. The number of benzene rings is 7. The second kappa shape index (κ2) is 23.7. The van der Waals surface area contributed by atoms with Gasteiger partial charge in [-0.3, -0.25) is 0 Å². The molecule has 0 amide bonds. The number of hydrogen-bond donors (Lipinski definition) is 3. The fourth-order valence-electron chi connectivity index (χ4n) is 11.6. The zero-order valence-electron chi connectivity index (χ0n) is 44.0. The molecule has 0 bridgehead atoms. The summed E-state index contributed by atoms with van der Waals surface area (Å²) < 4.78 is 130. The van der Waals surface area contributed by atoms with Gasteiger partial charge in [-0.15, -0.1) is 0 Å². The van der Waals surface area contributed by atoms with Crippen LogP contribution in [-0.4, -0.2) is 34.7 Å². The Labute approximate surface area is 481 Å². The van der Waals surface area contributed by atoms with Crippen molar-refractivity contribution in [2.45, 2.75) is 50.1 Å². The van der Waals surface area contributed by atoms with Crippen LogP contribution in [0.4, 0.5) is 39.5 Å². The van der Waals surface area contributed by atoms with Gasteiger partial charge in [0.1, 0.15) is 0 Å². The van der Waals surface area contributed by atoms with Gasteiger partial charge in [0.25, 0.3) is 0 Å². The largest absolute Gasteiger partial charge is 0.631 e. The van der Waals surface area contributed by atoms with Crippen LogP contribution >= 0.6 is 0 Å². The molecule has 5 aliphatic carbocycles. The summed E-state index contributed by atoms with van der Waals surface area (Å²) >= 11 is -1.39. The molecular formula is C68H50BF9O3Zr. The van der Waals surface area contributed by atoms with Crippen molar-refractivity contribution in [1.29, 1.82) is 0 Å². The first-order chi connectivity index (χ1) is 39.2. The monoisotopic (exact) mass is 1190 g/mol. The molecule has 0 radical (unpaired) electrons. The normalized spacial score (nSPS) is 17.9. The smallest absolute Gasteiger partial charge is 0.402 e. The molecule has 3 N–H and O–H groups in total. The molecule has 3 unspecified atom stereocenters. The molecule has 3 nitrogen and oxygen atoms in total. The van der Waals surface area contributed by atoms with Crippen LogP contribution in [0.15, 0.2) is 241 Å². The van der Waals surface area contributed by atoms with Gasteiger partial charge in [-0.2, -0.15) is 39.5 Å². The topological polar surface area (TPSA) is 60.7 Å². The van der Waals surface area contributed by atoms with Crippen LogP contribution in [0.25, 0.3) is 34.9 Å². The van der Waals surface area contributed by atoms with Crippen molar-refractivity contribution in [2.24, 2.45) is 0 Å². The van der Waals surface area contributed by atoms with E-state index in [0.717, 1.165) is 12.1 Å². The van der Waals surface area contributed by atoms with E-state index in [1.165, 1.54) is 65.0 Å². The molecule has 0 aliphatic heterocycles. The predicted molar refractivity (Wildman–Crippen MR) is 304 cm³/mol. The van der Waals surface area contributed by atoms with E-state index in [-0.39, 0.29) is 5.57 Å². The van der Waals surface area contributed by atoms with E-state index in [9.17, 15) is 39.5 Å². The molecular weight excluding hydrogens is 1140 g/mol. The molecule has 0 heterocycles. The fraction of sp³-hybridized carbons (Fsp3) is 0.118. The third kappa shape index (κ3) is 11.9. The van der Waals surface area contributed by atoms with Gasteiger partial charge in [0.15, 0.2) is 0 Å². The number of alkyl halides is 9. The third-order valence-electron chi connectivity index (χ3n) is 14.8. The molecule has 0 saturated heterocycles. The Bertz CT molecular complexity index is 3840. The molecule has 0 fully saturated rings. The molecule has 12 rings (SSSR count). The standard InChI is InChI=1S/C28H21.C26H15F9.C14H11.BH3O3.Zr/c1-5-13-23(14-6-1)21-27(25-17-9-3-10-18-25)28(26-19-11-4-12-20-26)22-24-15-7-2-8-16-24;1-12-9-10-14-13-5-2-3-6-15(13)19(17(14)11-12)21-16-7-4-8-18(24(27,28)29)20(16)22(25(30,31)32)23(21)26(33,34)35;1-10-6-7-14-12(8-10)9-11-4-2-3-5-13(11)14;2-1(3)4;/h1-21H;2-11,13,21H,1H3;2-8,13H,1H3;2-4H;. The molecule has 7 aromatic carbocycles. The molecule has 14 heteroatoms. The Hall–Kier alpha value is -7.60. The zero-order valence-corrected chi connectivity index (χ0v) is 46.5. The summed E-state index contributed by atoms with van der Waals surface area (Å²) in [6.45, 7) is 3.91. The number of rotatable bonds is 8. The van der Waals surface area contributed by atoms with Gasteiger partial charge in [0.05, 0.1) is 16.7 Å². The van der Waals surface area contributed by atoms with Crippen molar-refractivity contribution in [3.8, 4) is 0 Å². The Morgan fingerprint density at radius 2 is 1.00 bits per heavy atom. The number of allylic oxidation sites excluding steroid dienone is 15. The maximum Gasteiger partial charge on any atom is 0.631 e. The summed E-state index contributed by atoms with van der Waals surface area (Å²) in [4.78, 5) is 0. The van der Waals surface area contributed by atoms with Crippen LogP contribution in [0.5, 0.6) is 0 Å². The van der Waals surface area contributed by atoms with Gasteiger partial charge >= 0.3 is 294 Å². The van der Waals surface area contributed by atoms with Crippen LogP contribution in [0.2, 0.25) is 0 Å². The van der Waals surface area contributed by atoms with E-state index in [1.807, 2.05) is 0 Å². The van der Waals surface area contributed by atoms with Gasteiger partial charge in [-0.25, -0.2) is 0 Å². The van der Waals surface area contributed by atoms with E-state index >= 15 is 0 Å². The van der Waals surface area contributed by atoms with E-state index in [4.69, 9.17) is 15.1 Å². The quantitative estimate of drug-likeness (QED) is 0.0615. The van der Waals surface area contributed by atoms with E-state index in [2.05, 4.69) is 177 Å². The molecule has 7 aromatic rings. The Morgan fingerprint density at radius 3 is 1.55 bits per heavy atom. The van der Waals surface area contributed by atoms with Crippen LogP contribution in [0, 0.1) is 13.8 Å². The van der Waals surface area contributed by atoms with Crippen LogP contribution in [0.1, 0.15) is 90.1 Å². The van der Waals surface area contributed by atoms with Crippen LogP contribution in [0.3, 0.4) is 0 Å². The van der Waals surface area contributed by atoms with Gasteiger partial charge in [0, 0.05) is 17.4 Å². The van der Waals surface area contributed by atoms with Gasteiger partial charge in [0.2, 0.25) is 0 Å². The minimum Gasteiger partial charge on any atom is -0.402 e. The van der Waals surface area contributed by atoms with Crippen molar-refractivity contribution in [3.05, 3.63) is 314 Å².